The molecule has 0 atom stereocenters. The third kappa shape index (κ3) is 2.94. The molecule has 5 heteroatoms. The highest BCUT2D eigenvalue weighted by Gasteiger charge is 2.33. The van der Waals surface area contributed by atoms with Crippen LogP contribution in [-0.4, -0.2) is 22.4 Å². The van der Waals surface area contributed by atoms with E-state index >= 15 is 0 Å². The van der Waals surface area contributed by atoms with Crippen molar-refractivity contribution in [3.05, 3.63) is 95.1 Å². The minimum Gasteiger partial charge on any atom is -0.508 e. The average molecular weight is 450 g/mol. The van der Waals surface area contributed by atoms with Crippen LogP contribution in [0.2, 0.25) is 0 Å². The summed E-state index contributed by atoms with van der Waals surface area (Å²) in [6.45, 7) is 1.84. The maximum Gasteiger partial charge on any atom is 0.161 e. The van der Waals surface area contributed by atoms with E-state index in [0.717, 1.165) is 38.2 Å². The van der Waals surface area contributed by atoms with Gasteiger partial charge in [0.15, 0.2) is 11.5 Å². The van der Waals surface area contributed by atoms with Crippen molar-refractivity contribution in [1.82, 2.24) is 0 Å². The first-order valence-electron chi connectivity index (χ1n) is 11.0. The molecule has 1 aliphatic heterocycles. The number of ether oxygens (including phenoxy) is 2. The Balaban J connectivity index is 1.77. The lowest BCUT2D eigenvalue weighted by Gasteiger charge is -2.31. The maximum atomic E-state index is 10.5. The van der Waals surface area contributed by atoms with Crippen molar-refractivity contribution in [3.63, 3.8) is 0 Å². The molecule has 0 unspecified atom stereocenters. The van der Waals surface area contributed by atoms with Gasteiger partial charge in [-0.3, -0.25) is 0 Å². The predicted molar refractivity (Wildman–Crippen MR) is 132 cm³/mol. The molecule has 5 aromatic rings. The fraction of sp³-hybridized carbons (Fsp3) is 0.103. The van der Waals surface area contributed by atoms with E-state index in [9.17, 15) is 15.3 Å². The highest BCUT2D eigenvalue weighted by molar-refractivity contribution is 5.96. The topological polar surface area (TPSA) is 79.2 Å². The van der Waals surface area contributed by atoms with Crippen LogP contribution in [-0.2, 0) is 0 Å². The molecule has 1 aliphatic rings. The van der Waals surface area contributed by atoms with E-state index in [4.69, 9.17) is 9.47 Å². The Kier molecular flexibility index (Phi) is 4.36. The summed E-state index contributed by atoms with van der Waals surface area (Å²) >= 11 is 0. The molecule has 0 amide bonds. The standard InChI is InChI=1S/C29H22O5/c1-15-11-18(12-25(33-2)29(15)32)26-27-21-13-19(30)7-3-16(21)5-9-23(27)34-24-10-6-17-4-8-20(31)14-22(17)28(24)26/h3-14,26,30-32H,1-2H3. The van der Waals surface area contributed by atoms with Gasteiger partial charge in [-0.15, -0.1) is 0 Å². The van der Waals surface area contributed by atoms with Gasteiger partial charge in [-0.25, -0.2) is 0 Å². The highest BCUT2D eigenvalue weighted by Crippen LogP contribution is 2.53. The van der Waals surface area contributed by atoms with Crippen LogP contribution in [0.5, 0.6) is 34.5 Å². The van der Waals surface area contributed by atoms with Crippen LogP contribution in [0.4, 0.5) is 0 Å². The van der Waals surface area contributed by atoms with Gasteiger partial charge in [-0.2, -0.15) is 0 Å². The van der Waals surface area contributed by atoms with E-state index < -0.39 is 0 Å². The summed E-state index contributed by atoms with van der Waals surface area (Å²) in [5.74, 6) is 1.91. The van der Waals surface area contributed by atoms with Crippen LogP contribution in [0.25, 0.3) is 21.5 Å². The SMILES string of the molecule is COc1cc(C2c3c(ccc4ccc(O)cc34)Oc3ccc4ccc(O)cc4c32)cc(C)c1O. The van der Waals surface area contributed by atoms with Crippen molar-refractivity contribution in [2.75, 3.05) is 7.11 Å². The van der Waals surface area contributed by atoms with Gasteiger partial charge in [-0.1, -0.05) is 30.3 Å². The van der Waals surface area contributed by atoms with Crippen LogP contribution in [0.3, 0.4) is 0 Å². The summed E-state index contributed by atoms with van der Waals surface area (Å²) in [5, 5.41) is 34.9. The van der Waals surface area contributed by atoms with E-state index in [2.05, 4.69) is 0 Å². The van der Waals surface area contributed by atoms with Gasteiger partial charge in [0, 0.05) is 17.0 Å². The van der Waals surface area contributed by atoms with Crippen LogP contribution in [0.15, 0.2) is 72.8 Å². The second-order valence-corrected chi connectivity index (χ2v) is 8.69. The van der Waals surface area contributed by atoms with Crippen LogP contribution < -0.4 is 9.47 Å². The summed E-state index contributed by atoms with van der Waals surface area (Å²) in [5.41, 5.74) is 3.41. The van der Waals surface area contributed by atoms with Crippen molar-refractivity contribution < 1.29 is 24.8 Å². The summed E-state index contributed by atoms with van der Waals surface area (Å²) < 4.78 is 11.9. The molecule has 1 heterocycles. The molecule has 5 aromatic carbocycles. The first-order chi connectivity index (χ1) is 16.4. The third-order valence-corrected chi connectivity index (χ3v) is 6.65. The molecule has 0 fully saturated rings. The summed E-state index contributed by atoms with van der Waals surface area (Å²) in [6, 6.07) is 22.3. The number of hydrogen-bond donors (Lipinski definition) is 3. The van der Waals surface area contributed by atoms with E-state index in [1.54, 1.807) is 24.3 Å². The van der Waals surface area contributed by atoms with Crippen LogP contribution >= 0.6 is 0 Å². The molecule has 0 aromatic heterocycles. The van der Waals surface area contributed by atoms with Crippen LogP contribution in [0, 0.1) is 6.92 Å². The van der Waals surface area contributed by atoms with Gasteiger partial charge in [0.05, 0.1) is 7.11 Å². The molecule has 5 nitrogen and oxygen atoms in total. The van der Waals surface area contributed by atoms with Gasteiger partial charge in [0.25, 0.3) is 0 Å². The molecular weight excluding hydrogens is 428 g/mol. The Hall–Kier alpha value is -4.38. The lowest BCUT2D eigenvalue weighted by molar-refractivity contribution is 0.371. The molecular formula is C29H22O5. The zero-order chi connectivity index (χ0) is 23.6. The van der Waals surface area contributed by atoms with Crippen molar-refractivity contribution >= 4 is 21.5 Å². The molecule has 6 rings (SSSR count). The Morgan fingerprint density at radius 3 is 1.76 bits per heavy atom. The van der Waals surface area contributed by atoms with Crippen molar-refractivity contribution in [2.45, 2.75) is 12.8 Å². The fourth-order valence-electron chi connectivity index (χ4n) is 5.09. The quantitative estimate of drug-likeness (QED) is 0.273. The van der Waals surface area contributed by atoms with Crippen molar-refractivity contribution in [2.24, 2.45) is 0 Å². The summed E-state index contributed by atoms with van der Waals surface area (Å²) in [6.07, 6.45) is 0. The summed E-state index contributed by atoms with van der Waals surface area (Å²) in [7, 11) is 1.53. The lowest BCUT2D eigenvalue weighted by Crippen LogP contribution is -2.13. The molecule has 168 valence electrons. The molecule has 0 saturated carbocycles. The first kappa shape index (κ1) is 20.2. The van der Waals surface area contributed by atoms with Crippen molar-refractivity contribution in [1.29, 1.82) is 0 Å². The minimum absolute atomic E-state index is 0.102. The largest absolute Gasteiger partial charge is 0.508 e. The van der Waals surface area contributed by atoms with Gasteiger partial charge in [0.1, 0.15) is 23.0 Å². The molecule has 0 radical (unpaired) electrons. The van der Waals surface area contributed by atoms with Gasteiger partial charge < -0.3 is 24.8 Å². The lowest BCUT2D eigenvalue weighted by atomic mass is 9.78. The number of rotatable bonds is 2. The summed E-state index contributed by atoms with van der Waals surface area (Å²) in [4.78, 5) is 0. The number of phenolic OH excluding ortho intramolecular Hbond substituents is 3. The molecule has 0 saturated heterocycles. The average Bonchev–Trinajstić information content (AvgIpc) is 2.84. The molecule has 34 heavy (non-hydrogen) atoms. The molecule has 0 spiro atoms. The predicted octanol–water partition coefficient (Wildman–Crippen LogP) is 6.71. The molecule has 0 bridgehead atoms. The Morgan fingerprint density at radius 2 is 1.24 bits per heavy atom. The molecule has 0 aliphatic carbocycles. The van der Waals surface area contributed by atoms with Crippen LogP contribution in [0.1, 0.15) is 28.2 Å². The monoisotopic (exact) mass is 450 g/mol. The minimum atomic E-state index is -0.303. The van der Waals surface area contributed by atoms with E-state index in [0.29, 0.717) is 22.8 Å². The van der Waals surface area contributed by atoms with E-state index in [1.807, 2.05) is 55.5 Å². The number of fused-ring (bicyclic) bond motifs is 6. The zero-order valence-corrected chi connectivity index (χ0v) is 18.7. The normalized spacial score (nSPS) is 12.9. The maximum absolute atomic E-state index is 10.5. The Morgan fingerprint density at radius 1 is 0.706 bits per heavy atom. The number of aromatic hydroxyl groups is 3. The first-order valence-corrected chi connectivity index (χ1v) is 11.0. The number of benzene rings is 5. The number of methoxy groups -OCH3 is 1. The fourth-order valence-corrected chi connectivity index (χ4v) is 5.09. The van der Waals surface area contributed by atoms with E-state index in [-0.39, 0.29) is 23.2 Å². The highest BCUT2D eigenvalue weighted by atomic mass is 16.5. The molecule has 3 N–H and O–H groups in total. The smallest absolute Gasteiger partial charge is 0.161 e. The van der Waals surface area contributed by atoms with Gasteiger partial charge >= 0.3 is 0 Å². The Labute approximate surface area is 196 Å². The van der Waals surface area contributed by atoms with Gasteiger partial charge in [0.2, 0.25) is 0 Å². The van der Waals surface area contributed by atoms with E-state index in [1.165, 1.54) is 7.11 Å². The number of hydrogen-bond acceptors (Lipinski definition) is 5. The third-order valence-electron chi connectivity index (χ3n) is 6.65. The second-order valence-electron chi connectivity index (χ2n) is 8.69. The number of aryl methyl sites for hydroxylation is 1. The number of phenols is 3. The zero-order valence-electron chi connectivity index (χ0n) is 18.7. The van der Waals surface area contributed by atoms with Gasteiger partial charge in [-0.05, 0) is 82.1 Å². The Bertz CT molecular complexity index is 1530. The second kappa shape index (κ2) is 7.32. The van der Waals surface area contributed by atoms with Crippen molar-refractivity contribution in [3.8, 4) is 34.5 Å².